The Morgan fingerprint density at radius 3 is 2.32 bits per heavy atom. The predicted octanol–water partition coefficient (Wildman–Crippen LogP) is 3.56. The van der Waals surface area contributed by atoms with Gasteiger partial charge in [-0.25, -0.2) is 8.78 Å². The van der Waals surface area contributed by atoms with Crippen LogP contribution in [0.3, 0.4) is 0 Å². The van der Waals surface area contributed by atoms with Crippen LogP contribution < -0.4 is 11.1 Å². The molecular weight excluding hydrogens is 318 g/mol. The van der Waals surface area contributed by atoms with Crippen LogP contribution in [-0.4, -0.2) is 5.91 Å². The van der Waals surface area contributed by atoms with Crippen LogP contribution in [0.4, 0.5) is 20.2 Å². The van der Waals surface area contributed by atoms with Crippen LogP contribution in [0.5, 0.6) is 0 Å². The Morgan fingerprint density at radius 2 is 1.74 bits per heavy atom. The summed E-state index contributed by atoms with van der Waals surface area (Å²) in [6.45, 7) is 0. The van der Waals surface area contributed by atoms with Gasteiger partial charge in [0.1, 0.15) is 5.69 Å². The summed E-state index contributed by atoms with van der Waals surface area (Å²) in [6.07, 6.45) is 0. The highest BCUT2D eigenvalue weighted by Crippen LogP contribution is 2.24. The second-order valence-electron chi connectivity index (χ2n) is 3.79. The minimum atomic E-state index is -0.866. The summed E-state index contributed by atoms with van der Waals surface area (Å²) in [6, 6.07) is 8.40. The van der Waals surface area contributed by atoms with Crippen molar-refractivity contribution < 1.29 is 13.6 Å². The number of anilines is 2. The lowest BCUT2D eigenvalue weighted by molar-refractivity contribution is 0.102. The zero-order valence-corrected chi connectivity index (χ0v) is 11.2. The molecular formula is C13H9BrF2N2O. The quantitative estimate of drug-likeness (QED) is 0.829. The molecule has 0 aliphatic carbocycles. The predicted molar refractivity (Wildman–Crippen MR) is 72.9 cm³/mol. The Bertz CT molecular complexity index is 623. The molecule has 0 radical (unpaired) electrons. The maximum absolute atomic E-state index is 13.6. The van der Waals surface area contributed by atoms with Gasteiger partial charge in [-0.2, -0.15) is 0 Å². The first-order valence-electron chi connectivity index (χ1n) is 5.29. The van der Waals surface area contributed by atoms with Crippen molar-refractivity contribution in [3.8, 4) is 0 Å². The molecule has 3 nitrogen and oxygen atoms in total. The normalized spacial score (nSPS) is 10.3. The van der Waals surface area contributed by atoms with E-state index in [1.807, 2.05) is 0 Å². The maximum atomic E-state index is 13.6. The second-order valence-corrected chi connectivity index (χ2v) is 4.70. The number of nitrogens with two attached hydrogens (primary N) is 1. The highest BCUT2D eigenvalue weighted by Gasteiger charge is 2.16. The van der Waals surface area contributed by atoms with Gasteiger partial charge in [0.05, 0.1) is 5.56 Å². The van der Waals surface area contributed by atoms with E-state index in [0.29, 0.717) is 0 Å². The molecule has 0 atom stereocenters. The first kappa shape index (κ1) is 13.5. The molecule has 0 unspecified atom stereocenters. The molecule has 6 heteroatoms. The molecule has 0 heterocycles. The molecule has 0 aromatic heterocycles. The molecule has 0 bridgehead atoms. The number of rotatable bonds is 2. The Morgan fingerprint density at radius 1 is 1.16 bits per heavy atom. The third-order valence-corrected chi connectivity index (χ3v) is 2.91. The van der Waals surface area contributed by atoms with E-state index in [4.69, 9.17) is 5.73 Å². The monoisotopic (exact) mass is 326 g/mol. The van der Waals surface area contributed by atoms with Crippen LogP contribution in [0.2, 0.25) is 0 Å². The summed E-state index contributed by atoms with van der Waals surface area (Å²) in [5.74, 6) is -2.40. The fraction of sp³-hybridized carbons (Fsp3) is 0. The maximum Gasteiger partial charge on any atom is 0.257 e. The lowest BCUT2D eigenvalue weighted by atomic mass is 10.1. The first-order valence-corrected chi connectivity index (χ1v) is 6.08. The van der Waals surface area contributed by atoms with Crippen molar-refractivity contribution in [3.63, 3.8) is 0 Å². The van der Waals surface area contributed by atoms with Crippen molar-refractivity contribution in [2.24, 2.45) is 0 Å². The fourth-order valence-corrected chi connectivity index (χ4v) is 1.95. The molecule has 0 saturated carbocycles. The molecule has 0 fully saturated rings. The van der Waals surface area contributed by atoms with Gasteiger partial charge in [0.15, 0.2) is 11.6 Å². The highest BCUT2D eigenvalue weighted by atomic mass is 79.9. The lowest BCUT2D eigenvalue weighted by Crippen LogP contribution is -2.16. The average Bonchev–Trinajstić information content (AvgIpc) is 2.34. The Hall–Kier alpha value is -1.95. The number of para-hydroxylation sites is 1. The number of nitrogen functional groups attached to an aromatic ring is 1. The third-order valence-electron chi connectivity index (χ3n) is 2.45. The van der Waals surface area contributed by atoms with E-state index in [-0.39, 0.29) is 15.7 Å². The smallest absolute Gasteiger partial charge is 0.257 e. The molecule has 2 aromatic rings. The zero-order valence-electron chi connectivity index (χ0n) is 9.58. The van der Waals surface area contributed by atoms with Crippen LogP contribution in [0.15, 0.2) is 40.9 Å². The summed E-state index contributed by atoms with van der Waals surface area (Å²) < 4.78 is 27.4. The summed E-state index contributed by atoms with van der Waals surface area (Å²) in [5, 5.41) is 2.17. The van der Waals surface area contributed by atoms with Gasteiger partial charge in [0.25, 0.3) is 5.91 Å². The van der Waals surface area contributed by atoms with E-state index in [1.165, 1.54) is 12.1 Å². The van der Waals surface area contributed by atoms with E-state index in [0.717, 1.165) is 12.1 Å². The molecule has 0 aliphatic rings. The Labute approximate surface area is 116 Å². The first-order chi connectivity index (χ1) is 8.99. The van der Waals surface area contributed by atoms with E-state index < -0.39 is 23.2 Å². The van der Waals surface area contributed by atoms with Gasteiger partial charge in [-0.05, 0) is 24.3 Å². The van der Waals surface area contributed by atoms with E-state index in [2.05, 4.69) is 21.2 Å². The summed E-state index contributed by atoms with van der Waals surface area (Å²) >= 11 is 2.96. The van der Waals surface area contributed by atoms with Crippen molar-refractivity contribution in [3.05, 3.63) is 58.1 Å². The number of hydrogen-bond donors (Lipinski definition) is 2. The molecule has 19 heavy (non-hydrogen) atoms. The zero-order chi connectivity index (χ0) is 14.0. The van der Waals surface area contributed by atoms with Crippen molar-refractivity contribution in [1.82, 2.24) is 0 Å². The van der Waals surface area contributed by atoms with Crippen LogP contribution in [0.25, 0.3) is 0 Å². The second kappa shape index (κ2) is 5.36. The van der Waals surface area contributed by atoms with Gasteiger partial charge in [-0.1, -0.05) is 28.1 Å². The standard InChI is InChI=1S/C13H9BrF2N2O/c14-7-5-9(15)12(10(16)6-7)18-13(19)8-3-1-2-4-11(8)17/h1-6H,17H2,(H,18,19). The average molecular weight is 327 g/mol. The molecule has 0 saturated heterocycles. The van der Waals surface area contributed by atoms with Crippen LogP contribution in [-0.2, 0) is 0 Å². The van der Waals surface area contributed by atoms with Crippen molar-refractivity contribution in [1.29, 1.82) is 0 Å². The molecule has 1 amide bonds. The number of amides is 1. The molecule has 0 aliphatic heterocycles. The number of nitrogens with one attached hydrogen (secondary N) is 1. The molecule has 0 spiro atoms. The molecule has 2 aromatic carbocycles. The number of halogens is 3. The highest BCUT2D eigenvalue weighted by molar-refractivity contribution is 9.10. The summed E-state index contributed by atoms with van der Waals surface area (Å²) in [5.41, 5.74) is 5.51. The number of hydrogen-bond acceptors (Lipinski definition) is 2. The lowest BCUT2D eigenvalue weighted by Gasteiger charge is -2.09. The molecule has 3 N–H and O–H groups in total. The van der Waals surface area contributed by atoms with Gasteiger partial charge >= 0.3 is 0 Å². The summed E-state index contributed by atoms with van der Waals surface area (Å²) in [4.78, 5) is 11.9. The van der Waals surface area contributed by atoms with E-state index in [1.54, 1.807) is 12.1 Å². The van der Waals surface area contributed by atoms with Gasteiger partial charge in [0, 0.05) is 10.2 Å². The molecule has 2 rings (SSSR count). The Balaban J connectivity index is 2.32. The van der Waals surface area contributed by atoms with Gasteiger partial charge in [0.2, 0.25) is 0 Å². The van der Waals surface area contributed by atoms with E-state index in [9.17, 15) is 13.6 Å². The minimum absolute atomic E-state index is 0.157. The minimum Gasteiger partial charge on any atom is -0.398 e. The fourth-order valence-electron chi connectivity index (χ4n) is 1.55. The SMILES string of the molecule is Nc1ccccc1C(=O)Nc1c(F)cc(Br)cc1F. The van der Waals surface area contributed by atoms with Crippen molar-refractivity contribution in [2.45, 2.75) is 0 Å². The van der Waals surface area contributed by atoms with Gasteiger partial charge in [-0.15, -0.1) is 0 Å². The van der Waals surface area contributed by atoms with Crippen molar-refractivity contribution in [2.75, 3.05) is 11.1 Å². The van der Waals surface area contributed by atoms with Gasteiger partial charge in [-0.3, -0.25) is 4.79 Å². The number of benzene rings is 2. The van der Waals surface area contributed by atoms with Gasteiger partial charge < -0.3 is 11.1 Å². The van der Waals surface area contributed by atoms with Crippen LogP contribution >= 0.6 is 15.9 Å². The van der Waals surface area contributed by atoms with E-state index >= 15 is 0 Å². The Kier molecular flexibility index (Phi) is 3.80. The molecule has 98 valence electrons. The largest absolute Gasteiger partial charge is 0.398 e. The van der Waals surface area contributed by atoms with Crippen LogP contribution in [0.1, 0.15) is 10.4 Å². The van der Waals surface area contributed by atoms with Crippen LogP contribution in [0, 0.1) is 11.6 Å². The number of carbonyl (C=O) groups is 1. The van der Waals surface area contributed by atoms with Crippen molar-refractivity contribution >= 4 is 33.2 Å². The summed E-state index contributed by atoms with van der Waals surface area (Å²) in [7, 11) is 0. The topological polar surface area (TPSA) is 55.1 Å². The third kappa shape index (κ3) is 2.90. The number of carbonyl (C=O) groups excluding carboxylic acids is 1.